The molecule has 0 aliphatic rings. The molecule has 1 aromatic carbocycles. The highest BCUT2D eigenvalue weighted by Crippen LogP contribution is 2.25. The van der Waals surface area contributed by atoms with Crippen LogP contribution in [0.2, 0.25) is 0 Å². The molecule has 0 saturated carbocycles. The number of hydrogen-bond acceptors (Lipinski definition) is 4. The number of carbonyl (C=O) groups is 2. The van der Waals surface area contributed by atoms with Crippen LogP contribution in [0.5, 0.6) is 0 Å². The SMILES string of the molecule is CC(C)(C)OC(=O)[C@@H](CC[C@@H](N)C(=O)O)c1ccccc1. The Morgan fingerprint density at radius 3 is 2.24 bits per heavy atom. The Balaban J connectivity index is 2.85. The molecular formula is C16H23NO4. The van der Waals surface area contributed by atoms with Crippen molar-refractivity contribution in [1.29, 1.82) is 0 Å². The number of carboxylic acids is 1. The molecule has 0 amide bonds. The molecular weight excluding hydrogens is 270 g/mol. The molecule has 0 bridgehead atoms. The molecule has 0 heterocycles. The van der Waals surface area contributed by atoms with E-state index in [1.54, 1.807) is 20.8 Å². The number of aliphatic carboxylic acids is 1. The molecule has 0 aliphatic carbocycles. The van der Waals surface area contributed by atoms with Gasteiger partial charge in [-0.25, -0.2) is 0 Å². The predicted octanol–water partition coefficient (Wildman–Crippen LogP) is 2.30. The van der Waals surface area contributed by atoms with Crippen molar-refractivity contribution in [3.05, 3.63) is 35.9 Å². The first kappa shape index (κ1) is 17.2. The third-order valence-corrected chi connectivity index (χ3v) is 2.98. The van der Waals surface area contributed by atoms with E-state index in [9.17, 15) is 9.59 Å². The van der Waals surface area contributed by atoms with Crippen molar-refractivity contribution in [3.63, 3.8) is 0 Å². The lowest BCUT2D eigenvalue weighted by molar-refractivity contribution is -0.157. The lowest BCUT2D eigenvalue weighted by Crippen LogP contribution is -2.32. The van der Waals surface area contributed by atoms with Crippen molar-refractivity contribution in [2.24, 2.45) is 5.73 Å². The summed E-state index contributed by atoms with van der Waals surface area (Å²) in [5.41, 5.74) is 5.74. The van der Waals surface area contributed by atoms with Crippen molar-refractivity contribution in [2.75, 3.05) is 0 Å². The number of carbonyl (C=O) groups excluding carboxylic acids is 1. The Labute approximate surface area is 125 Å². The second-order valence-electron chi connectivity index (χ2n) is 6.02. The Hall–Kier alpha value is -1.88. The highest BCUT2D eigenvalue weighted by molar-refractivity contribution is 5.79. The van der Waals surface area contributed by atoms with Crippen molar-refractivity contribution < 1.29 is 19.4 Å². The Morgan fingerprint density at radius 1 is 1.19 bits per heavy atom. The fourth-order valence-electron chi connectivity index (χ4n) is 1.95. The molecule has 0 unspecified atom stereocenters. The Bertz CT molecular complexity index is 479. The van der Waals surface area contributed by atoms with Crippen LogP contribution in [-0.2, 0) is 14.3 Å². The molecule has 0 saturated heterocycles. The molecule has 1 aromatic rings. The quantitative estimate of drug-likeness (QED) is 0.785. The fourth-order valence-corrected chi connectivity index (χ4v) is 1.95. The van der Waals surface area contributed by atoms with Crippen LogP contribution >= 0.6 is 0 Å². The normalized spacial score (nSPS) is 14.3. The minimum absolute atomic E-state index is 0.216. The fraction of sp³-hybridized carbons (Fsp3) is 0.500. The van der Waals surface area contributed by atoms with Crippen LogP contribution in [0.1, 0.15) is 45.1 Å². The second-order valence-corrected chi connectivity index (χ2v) is 6.02. The third-order valence-electron chi connectivity index (χ3n) is 2.98. The van der Waals surface area contributed by atoms with Gasteiger partial charge in [0, 0.05) is 0 Å². The molecule has 0 spiro atoms. The Kier molecular flexibility index (Phi) is 5.90. The molecule has 0 fully saturated rings. The molecule has 116 valence electrons. The number of carboxylic acid groups (broad SMARTS) is 1. The van der Waals surface area contributed by atoms with E-state index in [-0.39, 0.29) is 12.4 Å². The first-order chi connectivity index (χ1) is 9.70. The molecule has 0 radical (unpaired) electrons. The molecule has 1 rings (SSSR count). The van der Waals surface area contributed by atoms with Crippen LogP contribution in [0.25, 0.3) is 0 Å². The van der Waals surface area contributed by atoms with Crippen LogP contribution in [0.4, 0.5) is 0 Å². The summed E-state index contributed by atoms with van der Waals surface area (Å²) in [6, 6.07) is 8.23. The largest absolute Gasteiger partial charge is 0.480 e. The van der Waals surface area contributed by atoms with Crippen LogP contribution in [0.15, 0.2) is 30.3 Å². The summed E-state index contributed by atoms with van der Waals surface area (Å²) < 4.78 is 5.42. The highest BCUT2D eigenvalue weighted by Gasteiger charge is 2.27. The summed E-state index contributed by atoms with van der Waals surface area (Å²) in [7, 11) is 0. The van der Waals surface area contributed by atoms with E-state index in [4.69, 9.17) is 15.6 Å². The van der Waals surface area contributed by atoms with E-state index < -0.39 is 23.5 Å². The number of hydrogen-bond donors (Lipinski definition) is 2. The predicted molar refractivity (Wildman–Crippen MR) is 79.9 cm³/mol. The third kappa shape index (κ3) is 5.95. The van der Waals surface area contributed by atoms with Gasteiger partial charge in [-0.05, 0) is 39.2 Å². The maximum atomic E-state index is 12.3. The van der Waals surface area contributed by atoms with Gasteiger partial charge in [0.05, 0.1) is 5.92 Å². The molecule has 5 nitrogen and oxygen atoms in total. The van der Waals surface area contributed by atoms with Gasteiger partial charge in [-0.15, -0.1) is 0 Å². The van der Waals surface area contributed by atoms with Gasteiger partial charge < -0.3 is 15.6 Å². The number of nitrogens with two attached hydrogens (primary N) is 1. The zero-order valence-corrected chi connectivity index (χ0v) is 12.7. The van der Waals surface area contributed by atoms with Gasteiger partial charge in [0.1, 0.15) is 11.6 Å². The number of benzene rings is 1. The lowest BCUT2D eigenvalue weighted by atomic mass is 9.92. The standard InChI is InChI=1S/C16H23NO4/c1-16(2,3)21-15(20)12(9-10-13(17)14(18)19)11-7-5-4-6-8-11/h4-8,12-13H,9-10,17H2,1-3H3,(H,18,19)/t12-,13+/m0/s1. The van der Waals surface area contributed by atoms with Gasteiger partial charge >= 0.3 is 11.9 Å². The average molecular weight is 293 g/mol. The minimum atomic E-state index is -1.06. The summed E-state index contributed by atoms with van der Waals surface area (Å²) in [5.74, 6) is -1.92. The summed E-state index contributed by atoms with van der Waals surface area (Å²) in [5, 5.41) is 8.85. The van der Waals surface area contributed by atoms with Gasteiger partial charge in [-0.3, -0.25) is 9.59 Å². The van der Waals surface area contributed by atoms with Gasteiger partial charge in [0.25, 0.3) is 0 Å². The average Bonchev–Trinajstić information content (AvgIpc) is 2.37. The zero-order valence-electron chi connectivity index (χ0n) is 12.7. The zero-order chi connectivity index (χ0) is 16.0. The summed E-state index contributed by atoms with van der Waals surface area (Å²) in [6.07, 6.45) is 0.556. The summed E-state index contributed by atoms with van der Waals surface area (Å²) in [4.78, 5) is 23.1. The van der Waals surface area contributed by atoms with Gasteiger partial charge in [0.2, 0.25) is 0 Å². The van der Waals surface area contributed by atoms with Gasteiger partial charge in [-0.1, -0.05) is 30.3 Å². The molecule has 5 heteroatoms. The first-order valence-electron chi connectivity index (χ1n) is 6.97. The van der Waals surface area contributed by atoms with E-state index in [0.717, 1.165) is 5.56 Å². The number of esters is 1. The minimum Gasteiger partial charge on any atom is -0.480 e. The monoisotopic (exact) mass is 293 g/mol. The second kappa shape index (κ2) is 7.22. The van der Waals surface area contributed by atoms with Crippen LogP contribution in [0, 0.1) is 0 Å². The molecule has 21 heavy (non-hydrogen) atoms. The van der Waals surface area contributed by atoms with Crippen LogP contribution < -0.4 is 5.73 Å². The van der Waals surface area contributed by atoms with E-state index >= 15 is 0 Å². The van der Waals surface area contributed by atoms with Gasteiger partial charge in [0.15, 0.2) is 0 Å². The van der Waals surface area contributed by atoms with Gasteiger partial charge in [-0.2, -0.15) is 0 Å². The highest BCUT2D eigenvalue weighted by atomic mass is 16.6. The number of rotatable bonds is 6. The maximum Gasteiger partial charge on any atom is 0.320 e. The first-order valence-corrected chi connectivity index (χ1v) is 6.97. The molecule has 3 N–H and O–H groups in total. The molecule has 0 aliphatic heterocycles. The summed E-state index contributed by atoms with van der Waals surface area (Å²) in [6.45, 7) is 5.40. The van der Waals surface area contributed by atoms with Crippen LogP contribution in [-0.4, -0.2) is 28.7 Å². The van der Waals surface area contributed by atoms with Crippen LogP contribution in [0.3, 0.4) is 0 Å². The van der Waals surface area contributed by atoms with E-state index in [0.29, 0.717) is 6.42 Å². The molecule has 2 atom stereocenters. The Morgan fingerprint density at radius 2 is 1.76 bits per heavy atom. The smallest absolute Gasteiger partial charge is 0.320 e. The van der Waals surface area contributed by atoms with Crippen molar-refractivity contribution in [2.45, 2.75) is 51.2 Å². The van der Waals surface area contributed by atoms with Crippen molar-refractivity contribution >= 4 is 11.9 Å². The van der Waals surface area contributed by atoms with E-state index in [1.165, 1.54) is 0 Å². The van der Waals surface area contributed by atoms with Crippen molar-refractivity contribution in [3.8, 4) is 0 Å². The maximum absolute atomic E-state index is 12.3. The van der Waals surface area contributed by atoms with E-state index in [2.05, 4.69) is 0 Å². The van der Waals surface area contributed by atoms with E-state index in [1.807, 2.05) is 30.3 Å². The lowest BCUT2D eigenvalue weighted by Gasteiger charge is -2.24. The summed E-state index contributed by atoms with van der Waals surface area (Å²) >= 11 is 0. The van der Waals surface area contributed by atoms with Crippen molar-refractivity contribution in [1.82, 2.24) is 0 Å². The number of ether oxygens (including phenoxy) is 1. The molecule has 0 aromatic heterocycles. The topological polar surface area (TPSA) is 89.6 Å².